The topological polar surface area (TPSA) is 26.3 Å². The van der Waals surface area contributed by atoms with Crippen molar-refractivity contribution in [1.82, 2.24) is 0 Å². The standard InChI is InChI=1S/C12H24O2Si/c1-6-8-11(13)10-12(9-7-2)14-15(3,4)5/h10H,6-9H2,1-5H3. The van der Waals surface area contributed by atoms with E-state index in [9.17, 15) is 4.79 Å². The summed E-state index contributed by atoms with van der Waals surface area (Å²) in [6.45, 7) is 10.5. The van der Waals surface area contributed by atoms with Crippen LogP contribution in [-0.4, -0.2) is 14.1 Å². The van der Waals surface area contributed by atoms with E-state index in [-0.39, 0.29) is 5.78 Å². The summed E-state index contributed by atoms with van der Waals surface area (Å²) in [6, 6.07) is 0. The predicted octanol–water partition coefficient (Wildman–Crippen LogP) is 3.89. The van der Waals surface area contributed by atoms with Gasteiger partial charge in [-0.05, 0) is 32.5 Å². The van der Waals surface area contributed by atoms with Crippen molar-refractivity contribution in [2.45, 2.75) is 59.2 Å². The zero-order valence-electron chi connectivity index (χ0n) is 10.7. The minimum Gasteiger partial charge on any atom is -0.547 e. The average molecular weight is 228 g/mol. The maximum Gasteiger partial charge on any atom is 0.241 e. The first kappa shape index (κ1) is 14.4. The minimum absolute atomic E-state index is 0.194. The zero-order valence-corrected chi connectivity index (χ0v) is 11.7. The highest BCUT2D eigenvalue weighted by Crippen LogP contribution is 2.15. The van der Waals surface area contributed by atoms with Crippen LogP contribution in [0.5, 0.6) is 0 Å². The molecule has 0 spiro atoms. The van der Waals surface area contributed by atoms with Crippen LogP contribution in [-0.2, 0) is 9.22 Å². The lowest BCUT2D eigenvalue weighted by Gasteiger charge is -2.21. The maximum absolute atomic E-state index is 11.5. The molecular formula is C12H24O2Si. The predicted molar refractivity (Wildman–Crippen MR) is 67.3 cm³/mol. The lowest BCUT2D eigenvalue weighted by molar-refractivity contribution is -0.114. The number of hydrogen-bond acceptors (Lipinski definition) is 2. The molecule has 0 aromatic heterocycles. The molecule has 0 atom stereocenters. The van der Waals surface area contributed by atoms with Gasteiger partial charge in [-0.1, -0.05) is 13.8 Å². The van der Waals surface area contributed by atoms with E-state index >= 15 is 0 Å². The van der Waals surface area contributed by atoms with Crippen molar-refractivity contribution in [2.75, 3.05) is 0 Å². The molecule has 88 valence electrons. The molecule has 2 nitrogen and oxygen atoms in total. The Hall–Kier alpha value is -0.573. The van der Waals surface area contributed by atoms with E-state index in [1.165, 1.54) is 0 Å². The average Bonchev–Trinajstić information content (AvgIpc) is 2.01. The maximum atomic E-state index is 11.5. The number of hydrogen-bond donors (Lipinski definition) is 0. The largest absolute Gasteiger partial charge is 0.547 e. The molecule has 0 aliphatic rings. The van der Waals surface area contributed by atoms with Crippen LogP contribution in [0.3, 0.4) is 0 Å². The Bertz CT molecular complexity index is 226. The molecule has 0 amide bonds. The molecule has 0 fully saturated rings. The molecular weight excluding hydrogens is 204 g/mol. The molecule has 0 radical (unpaired) electrons. The lowest BCUT2D eigenvalue weighted by Crippen LogP contribution is -2.25. The number of carbonyl (C=O) groups is 1. The van der Waals surface area contributed by atoms with Gasteiger partial charge in [0.05, 0.1) is 5.76 Å². The second-order valence-corrected chi connectivity index (χ2v) is 9.22. The number of allylic oxidation sites excluding steroid dienone is 2. The Balaban J connectivity index is 4.43. The quantitative estimate of drug-likeness (QED) is 0.375. The minimum atomic E-state index is -1.57. The summed E-state index contributed by atoms with van der Waals surface area (Å²) < 4.78 is 5.87. The first-order valence-electron chi connectivity index (χ1n) is 5.81. The van der Waals surface area contributed by atoms with Crippen LogP contribution < -0.4 is 0 Å². The molecule has 0 N–H and O–H groups in total. The molecule has 3 heteroatoms. The van der Waals surface area contributed by atoms with Gasteiger partial charge >= 0.3 is 0 Å². The van der Waals surface area contributed by atoms with E-state index in [1.807, 2.05) is 6.92 Å². The van der Waals surface area contributed by atoms with Gasteiger partial charge in [0.15, 0.2) is 5.78 Å². The van der Waals surface area contributed by atoms with Crippen LogP contribution >= 0.6 is 0 Å². The Morgan fingerprint density at radius 3 is 2.07 bits per heavy atom. The van der Waals surface area contributed by atoms with Crippen LogP contribution in [0.15, 0.2) is 11.8 Å². The van der Waals surface area contributed by atoms with Gasteiger partial charge in [0.1, 0.15) is 0 Å². The molecule has 0 saturated heterocycles. The fraction of sp³-hybridized carbons (Fsp3) is 0.750. The SMILES string of the molecule is CCCC(=O)C=C(CCC)O[Si](C)(C)C. The molecule has 0 aromatic rings. The molecule has 0 rings (SSSR count). The third-order valence-corrected chi connectivity index (χ3v) is 2.63. The fourth-order valence-corrected chi connectivity index (χ4v) is 2.24. The summed E-state index contributed by atoms with van der Waals surface area (Å²) in [5, 5.41) is 0. The molecule has 0 aliphatic carbocycles. The fourth-order valence-electron chi connectivity index (χ4n) is 1.29. The molecule has 0 heterocycles. The first-order chi connectivity index (χ1) is 6.89. The highest BCUT2D eigenvalue weighted by Gasteiger charge is 2.17. The van der Waals surface area contributed by atoms with Crippen LogP contribution in [0.25, 0.3) is 0 Å². The van der Waals surface area contributed by atoms with Gasteiger partial charge in [0, 0.05) is 18.9 Å². The smallest absolute Gasteiger partial charge is 0.241 e. The molecule has 0 bridgehead atoms. The summed E-state index contributed by atoms with van der Waals surface area (Å²) in [5.74, 6) is 1.08. The van der Waals surface area contributed by atoms with E-state index in [1.54, 1.807) is 6.08 Å². The Labute approximate surface area is 94.8 Å². The Morgan fingerprint density at radius 1 is 1.13 bits per heavy atom. The van der Waals surface area contributed by atoms with Crippen LogP contribution in [0.2, 0.25) is 19.6 Å². The van der Waals surface area contributed by atoms with Crippen LogP contribution in [0, 0.1) is 0 Å². The van der Waals surface area contributed by atoms with E-state index in [0.29, 0.717) is 6.42 Å². The van der Waals surface area contributed by atoms with E-state index in [4.69, 9.17) is 4.43 Å². The van der Waals surface area contributed by atoms with Crippen molar-refractivity contribution in [3.8, 4) is 0 Å². The summed E-state index contributed by atoms with van der Waals surface area (Å²) in [5.41, 5.74) is 0. The van der Waals surface area contributed by atoms with Gasteiger partial charge in [-0.3, -0.25) is 4.79 Å². The second kappa shape index (κ2) is 6.83. The Morgan fingerprint density at radius 2 is 1.67 bits per heavy atom. The normalized spacial score (nSPS) is 12.7. The third kappa shape index (κ3) is 8.42. The number of rotatable bonds is 7. The lowest BCUT2D eigenvalue weighted by atomic mass is 10.2. The molecule has 0 aliphatic heterocycles. The third-order valence-electron chi connectivity index (χ3n) is 1.75. The number of ketones is 1. The summed E-state index contributed by atoms with van der Waals surface area (Å²) in [4.78, 5) is 11.5. The summed E-state index contributed by atoms with van der Waals surface area (Å²) in [6.07, 6.45) is 5.13. The molecule has 0 unspecified atom stereocenters. The van der Waals surface area contributed by atoms with Crippen molar-refractivity contribution in [3.05, 3.63) is 11.8 Å². The zero-order chi connectivity index (χ0) is 11.9. The van der Waals surface area contributed by atoms with Gasteiger partial charge in [-0.15, -0.1) is 0 Å². The molecule has 0 aromatic carbocycles. The van der Waals surface area contributed by atoms with Gasteiger partial charge in [-0.25, -0.2) is 0 Å². The van der Waals surface area contributed by atoms with Crippen LogP contribution in [0.1, 0.15) is 39.5 Å². The summed E-state index contributed by atoms with van der Waals surface area (Å²) in [7, 11) is -1.57. The van der Waals surface area contributed by atoms with Gasteiger partial charge < -0.3 is 4.43 Å². The van der Waals surface area contributed by atoms with Crippen molar-refractivity contribution in [3.63, 3.8) is 0 Å². The monoisotopic (exact) mass is 228 g/mol. The van der Waals surface area contributed by atoms with Gasteiger partial charge in [0.2, 0.25) is 8.32 Å². The Kier molecular flexibility index (Phi) is 6.57. The van der Waals surface area contributed by atoms with E-state index in [0.717, 1.165) is 25.0 Å². The summed E-state index contributed by atoms with van der Waals surface area (Å²) >= 11 is 0. The number of carbonyl (C=O) groups excluding carboxylic acids is 1. The van der Waals surface area contributed by atoms with Crippen molar-refractivity contribution in [1.29, 1.82) is 0 Å². The van der Waals surface area contributed by atoms with E-state index < -0.39 is 8.32 Å². The van der Waals surface area contributed by atoms with Crippen LogP contribution in [0.4, 0.5) is 0 Å². The van der Waals surface area contributed by atoms with Crippen molar-refractivity contribution < 1.29 is 9.22 Å². The highest BCUT2D eigenvalue weighted by molar-refractivity contribution is 6.70. The first-order valence-corrected chi connectivity index (χ1v) is 9.22. The highest BCUT2D eigenvalue weighted by atomic mass is 28.4. The molecule has 0 saturated carbocycles. The van der Waals surface area contributed by atoms with Crippen molar-refractivity contribution >= 4 is 14.1 Å². The van der Waals surface area contributed by atoms with Gasteiger partial charge in [-0.2, -0.15) is 0 Å². The second-order valence-electron chi connectivity index (χ2n) is 4.79. The van der Waals surface area contributed by atoms with Gasteiger partial charge in [0.25, 0.3) is 0 Å². The molecule has 15 heavy (non-hydrogen) atoms. The van der Waals surface area contributed by atoms with E-state index in [2.05, 4.69) is 26.6 Å². The van der Waals surface area contributed by atoms with Crippen molar-refractivity contribution in [2.24, 2.45) is 0 Å².